The van der Waals surface area contributed by atoms with Crippen molar-refractivity contribution < 1.29 is 28.3 Å². The predicted octanol–water partition coefficient (Wildman–Crippen LogP) is 35.3. The Morgan fingerprint density at radius 3 is 1.04 bits per heavy atom. The van der Waals surface area contributed by atoms with Crippen LogP contribution >= 0.6 is 0 Å². The van der Waals surface area contributed by atoms with E-state index in [1.165, 1.54) is 93.0 Å². The van der Waals surface area contributed by atoms with Crippen LogP contribution in [0.3, 0.4) is 0 Å². The summed E-state index contributed by atoms with van der Waals surface area (Å²) in [7, 11) is 0. The van der Waals surface area contributed by atoms with Crippen molar-refractivity contribution in [1.82, 2.24) is 0 Å². The zero-order valence-electron chi connectivity index (χ0n) is 80.8. The average molecular weight is 1610 g/mol. The highest BCUT2D eigenvalue weighted by Gasteiger charge is 2.28. The van der Waals surface area contributed by atoms with E-state index in [2.05, 4.69) is 315 Å². The quantitative estimate of drug-likeness (QED) is 0.135. The first-order valence-corrected chi connectivity index (χ1v) is 42.5. The normalized spacial score (nSPS) is 13.2. The average Bonchev–Trinajstić information content (AvgIpc) is 0.996. The molecule has 3 heterocycles. The SMILES string of the molecule is [2H]c1c([2H])c([2H])c(-c2c3ccc(C(C)(C)C)cc3c(-c3ccc(-c4c([2H])c([2H])c5oc6c([2H])c([2H])c([2H])c([2H])c6c5c4-c4ccccc4)cc3)c3ccc(C(C)(C)C)cc23)c([2H])c1[2H].c1ccc(-c2c3ccccc3c(-c3ccc(-c4ccccc4)c4oc5ccccc5c34)c3ccccc23)cc1.c1ccc(-c2c3ccccc3c(-c3cccc4oc5ccccc5c34)c3ccccc23)cc1. The van der Waals surface area contributed by atoms with Gasteiger partial charge in [0.15, 0.2) is 0 Å². The van der Waals surface area contributed by atoms with Crippen molar-refractivity contribution in [2.24, 2.45) is 0 Å². The zero-order valence-corrected chi connectivity index (χ0v) is 69.8. The third-order valence-electron chi connectivity index (χ3n) is 24.8. The lowest BCUT2D eigenvalue weighted by Gasteiger charge is -2.25. The second-order valence-corrected chi connectivity index (χ2v) is 34.2. The molecule has 21 aromatic carbocycles. The highest BCUT2D eigenvalue weighted by molar-refractivity contribution is 6.29. The van der Waals surface area contributed by atoms with Gasteiger partial charge < -0.3 is 13.3 Å². The van der Waals surface area contributed by atoms with Gasteiger partial charge in [0.2, 0.25) is 0 Å². The summed E-state index contributed by atoms with van der Waals surface area (Å²) in [4.78, 5) is 0. The van der Waals surface area contributed by atoms with E-state index in [-0.39, 0.29) is 69.2 Å². The van der Waals surface area contributed by atoms with Crippen molar-refractivity contribution in [3.8, 4) is 100 Å². The molecule has 3 heteroatoms. The Hall–Kier alpha value is -15.4. The van der Waals surface area contributed by atoms with Crippen LogP contribution in [-0.2, 0) is 10.8 Å². The molecule has 0 aliphatic rings. The standard InChI is InChI=1S/C52H44O.C38H24O.C32H20O/c1-51(2,3)37-26-28-41-43(31-37)47(34-15-9-7-10-16-34)40-27-25-38(52(4,5)6)32-44(40)48(41)36-23-21-33(22-24-36)39-29-30-46-50(42-19-13-14-20-45(42)53-46)49(39)35-17-11-8-12-18-35;1-3-13-25(14-4-1)27-23-24-33(37-32-21-11-12-22-34(32)39-38(27)37)36-30-19-9-7-17-28(30)35(26-15-5-2-6-16-26)29-18-8-10-20-31(29)36;1-2-11-21(12-3-1)30-22-13-4-6-15-24(22)31(25-16-7-5-14-23(25)30)27-18-10-20-29-32(27)26-17-8-9-19-28(26)33-29/h7-32H,1-6H3;1-24H;1-20H/i7D,9D,10D,13D,14D,15D,16D,19D,20D,29D,30D;;. The first-order chi connectivity index (χ1) is 65.9. The number of benzene rings is 21. The van der Waals surface area contributed by atoms with Crippen LogP contribution in [0, 0.1) is 0 Å². The molecule has 3 nitrogen and oxygen atoms in total. The summed E-state index contributed by atoms with van der Waals surface area (Å²) in [6.07, 6.45) is 0. The first kappa shape index (κ1) is 64.5. The van der Waals surface area contributed by atoms with Gasteiger partial charge in [0, 0.05) is 43.4 Å². The predicted molar refractivity (Wildman–Crippen MR) is 533 cm³/mol. The summed E-state index contributed by atoms with van der Waals surface area (Å²) in [6, 6.07) is 121. The summed E-state index contributed by atoms with van der Waals surface area (Å²) < 4.78 is 116. The van der Waals surface area contributed by atoms with Crippen LogP contribution in [0.2, 0.25) is 0 Å². The second-order valence-electron chi connectivity index (χ2n) is 34.2. The second kappa shape index (κ2) is 30.9. The van der Waals surface area contributed by atoms with E-state index in [1.807, 2.05) is 84.9 Å². The highest BCUT2D eigenvalue weighted by Crippen LogP contribution is 2.53. The van der Waals surface area contributed by atoms with Gasteiger partial charge in [-0.2, -0.15) is 0 Å². The van der Waals surface area contributed by atoms with Crippen LogP contribution in [0.25, 0.3) is 231 Å². The molecule has 0 unspecified atom stereocenters. The van der Waals surface area contributed by atoms with Crippen LogP contribution in [0.5, 0.6) is 0 Å². The Morgan fingerprint density at radius 2 is 0.536 bits per heavy atom. The van der Waals surface area contributed by atoms with Gasteiger partial charge in [0.1, 0.15) is 33.5 Å². The minimum Gasteiger partial charge on any atom is -0.456 e. The van der Waals surface area contributed by atoms with Crippen LogP contribution in [0.4, 0.5) is 0 Å². The summed E-state index contributed by atoms with van der Waals surface area (Å²) in [6.45, 7) is 12.7. The Bertz CT molecular complexity index is 8900. The molecule has 0 N–H and O–H groups in total. The fourth-order valence-electron chi connectivity index (χ4n) is 19.0. The first-order valence-electron chi connectivity index (χ1n) is 48.0. The number of furan rings is 3. The Labute approximate surface area is 742 Å². The fourth-order valence-corrected chi connectivity index (χ4v) is 19.0. The van der Waals surface area contributed by atoms with Gasteiger partial charge in [0.25, 0.3) is 0 Å². The summed E-state index contributed by atoms with van der Waals surface area (Å²) in [5, 5.41) is 18.3. The molecule has 0 bridgehead atoms. The minimum absolute atomic E-state index is 0.00708. The molecule has 3 aromatic heterocycles. The lowest BCUT2D eigenvalue weighted by atomic mass is 9.79. The maximum Gasteiger partial charge on any atom is 0.143 e. The Balaban J connectivity index is 0.000000126. The molecule has 0 aliphatic heterocycles. The fraction of sp³-hybridized carbons (Fsp3) is 0.0656. The molecule has 0 aliphatic carbocycles. The third-order valence-corrected chi connectivity index (χ3v) is 24.8. The minimum atomic E-state index is -0.456. The Kier molecular flexibility index (Phi) is 15.9. The summed E-state index contributed by atoms with van der Waals surface area (Å²) in [5.41, 5.74) is 21.9. The molecule has 594 valence electrons. The monoisotopic (exact) mass is 1610 g/mol. The molecule has 0 fully saturated rings. The molecule has 0 radical (unpaired) electrons. The van der Waals surface area contributed by atoms with Crippen LogP contribution < -0.4 is 0 Å². The van der Waals surface area contributed by atoms with Gasteiger partial charge in [-0.25, -0.2) is 0 Å². The number of hydrogen-bond donors (Lipinski definition) is 0. The van der Waals surface area contributed by atoms with E-state index in [1.54, 1.807) is 0 Å². The molecule has 0 amide bonds. The maximum atomic E-state index is 9.46. The number of hydrogen-bond acceptors (Lipinski definition) is 3. The molecule has 125 heavy (non-hydrogen) atoms. The molecule has 0 spiro atoms. The largest absolute Gasteiger partial charge is 0.456 e. The molecular weight excluding hydrogens is 1510 g/mol. The zero-order chi connectivity index (χ0) is 93.6. The molecule has 0 atom stereocenters. The Morgan fingerprint density at radius 1 is 0.184 bits per heavy atom. The van der Waals surface area contributed by atoms with Gasteiger partial charge in [0.05, 0.1) is 15.1 Å². The summed E-state index contributed by atoms with van der Waals surface area (Å²) in [5.74, 6) is 0. The van der Waals surface area contributed by atoms with Gasteiger partial charge >= 0.3 is 0 Å². The van der Waals surface area contributed by atoms with Gasteiger partial charge in [-0.1, -0.05) is 417 Å². The van der Waals surface area contributed by atoms with Crippen molar-refractivity contribution in [3.63, 3.8) is 0 Å². The molecule has 0 saturated heterocycles. The third kappa shape index (κ3) is 13.2. The molecule has 24 rings (SSSR count). The molecular formula is C122H88O3. The van der Waals surface area contributed by atoms with Crippen molar-refractivity contribution >= 4 is 130 Å². The van der Waals surface area contributed by atoms with Crippen LogP contribution in [0.1, 0.15) is 67.7 Å². The van der Waals surface area contributed by atoms with Gasteiger partial charge in [-0.3, -0.25) is 0 Å². The van der Waals surface area contributed by atoms with Gasteiger partial charge in [-0.15, -0.1) is 0 Å². The van der Waals surface area contributed by atoms with E-state index < -0.39 is 30.2 Å². The van der Waals surface area contributed by atoms with E-state index in [0.29, 0.717) is 33.2 Å². The number of fused-ring (bicyclic) bond motifs is 15. The highest BCUT2D eigenvalue weighted by atomic mass is 16.3. The van der Waals surface area contributed by atoms with E-state index in [9.17, 15) is 2.74 Å². The lowest BCUT2D eigenvalue weighted by molar-refractivity contribution is 0.590. The van der Waals surface area contributed by atoms with Crippen LogP contribution in [-0.4, -0.2) is 0 Å². The van der Waals surface area contributed by atoms with Crippen molar-refractivity contribution in [2.75, 3.05) is 0 Å². The number of para-hydroxylation sites is 3. The lowest BCUT2D eigenvalue weighted by Crippen LogP contribution is -2.11. The topological polar surface area (TPSA) is 39.4 Å². The van der Waals surface area contributed by atoms with Crippen molar-refractivity contribution in [1.29, 1.82) is 0 Å². The smallest absolute Gasteiger partial charge is 0.143 e. The van der Waals surface area contributed by atoms with Crippen molar-refractivity contribution in [2.45, 2.75) is 52.4 Å². The summed E-state index contributed by atoms with van der Waals surface area (Å²) >= 11 is 0. The van der Waals surface area contributed by atoms with Crippen LogP contribution in [0.15, 0.2) is 438 Å². The molecule has 24 aromatic rings. The van der Waals surface area contributed by atoms with E-state index >= 15 is 0 Å². The van der Waals surface area contributed by atoms with Crippen molar-refractivity contribution in [3.05, 3.63) is 436 Å². The van der Waals surface area contributed by atoms with Gasteiger partial charge in [-0.05, 0) is 224 Å². The number of rotatable bonds is 9. The molecule has 0 saturated carbocycles. The van der Waals surface area contributed by atoms with E-state index in [0.717, 1.165) is 93.4 Å². The maximum absolute atomic E-state index is 9.46. The van der Waals surface area contributed by atoms with E-state index in [4.69, 9.17) is 25.6 Å².